The van der Waals surface area contributed by atoms with Gasteiger partial charge in [-0.05, 0) is 105 Å². The van der Waals surface area contributed by atoms with Gasteiger partial charge in [0.1, 0.15) is 0 Å². The van der Waals surface area contributed by atoms with E-state index in [2.05, 4.69) is 20.8 Å². The Bertz CT molecular complexity index is 500. The summed E-state index contributed by atoms with van der Waals surface area (Å²) in [6, 6.07) is 0. The minimum absolute atomic E-state index is 0.353. The van der Waals surface area contributed by atoms with E-state index in [-0.39, 0.29) is 0 Å². The van der Waals surface area contributed by atoms with E-state index in [9.17, 15) is 5.11 Å². The molecule has 1 N–H and O–H groups in total. The molecule has 0 amide bonds. The zero-order chi connectivity index (χ0) is 17.9. The van der Waals surface area contributed by atoms with Gasteiger partial charge in [0, 0.05) is 7.11 Å². The maximum Gasteiger partial charge on any atom is 0.0622 e. The van der Waals surface area contributed by atoms with Gasteiger partial charge in [-0.25, -0.2) is 0 Å². The second-order valence-electron chi connectivity index (χ2n) is 10.7. The Morgan fingerprint density at radius 3 is 2.48 bits per heavy atom. The molecule has 8 atom stereocenters. The van der Waals surface area contributed by atoms with E-state index in [0.717, 1.165) is 43.1 Å². The molecule has 0 aliphatic heterocycles. The summed E-state index contributed by atoms with van der Waals surface area (Å²) in [5.41, 5.74) is 0.515. The van der Waals surface area contributed by atoms with Gasteiger partial charge < -0.3 is 9.84 Å². The summed E-state index contributed by atoms with van der Waals surface area (Å²) in [6.45, 7) is 8.04. The molecular weight excluding hydrogens is 308 g/mol. The molecule has 0 saturated heterocycles. The number of fused-ring (bicyclic) bond motifs is 5. The van der Waals surface area contributed by atoms with E-state index < -0.39 is 5.60 Å². The molecule has 0 spiro atoms. The highest BCUT2D eigenvalue weighted by molar-refractivity contribution is 5.11. The predicted molar refractivity (Wildman–Crippen MR) is 102 cm³/mol. The Hall–Kier alpha value is -0.0800. The first-order chi connectivity index (χ1) is 11.9. The number of hydrogen-bond acceptors (Lipinski definition) is 2. The van der Waals surface area contributed by atoms with E-state index in [1.807, 2.05) is 7.11 Å². The van der Waals surface area contributed by atoms with Crippen LogP contribution in [0.25, 0.3) is 0 Å². The van der Waals surface area contributed by atoms with Crippen LogP contribution in [0.2, 0.25) is 0 Å². The number of aliphatic hydroxyl groups is 1. The Morgan fingerprint density at radius 2 is 1.76 bits per heavy atom. The van der Waals surface area contributed by atoms with Gasteiger partial charge in [-0.2, -0.15) is 0 Å². The maximum atomic E-state index is 10.7. The molecule has 144 valence electrons. The number of ether oxygens (including phenoxy) is 1. The topological polar surface area (TPSA) is 29.5 Å². The third kappa shape index (κ3) is 2.64. The van der Waals surface area contributed by atoms with Gasteiger partial charge in [-0.1, -0.05) is 20.3 Å². The van der Waals surface area contributed by atoms with Crippen molar-refractivity contribution in [1.82, 2.24) is 0 Å². The molecule has 0 aromatic heterocycles. The van der Waals surface area contributed by atoms with Crippen molar-refractivity contribution in [3.8, 4) is 0 Å². The van der Waals surface area contributed by atoms with E-state index in [1.54, 1.807) is 0 Å². The van der Waals surface area contributed by atoms with Crippen molar-refractivity contribution in [1.29, 1.82) is 0 Å². The lowest BCUT2D eigenvalue weighted by molar-refractivity contribution is -0.174. The zero-order valence-electron chi connectivity index (χ0n) is 17.0. The number of hydrogen-bond donors (Lipinski definition) is 1. The third-order valence-electron chi connectivity index (χ3n) is 9.75. The first kappa shape index (κ1) is 18.3. The fourth-order valence-electron chi connectivity index (χ4n) is 8.56. The molecule has 0 heterocycles. The predicted octanol–water partition coefficient (Wildman–Crippen LogP) is 5.43. The third-order valence-corrected chi connectivity index (χ3v) is 9.75. The van der Waals surface area contributed by atoms with Gasteiger partial charge in [0.15, 0.2) is 0 Å². The minimum Gasteiger partial charge on any atom is -0.390 e. The van der Waals surface area contributed by atoms with Crippen LogP contribution in [0.15, 0.2) is 0 Å². The molecule has 2 nitrogen and oxygen atoms in total. The Kier molecular flexibility index (Phi) is 4.56. The van der Waals surface area contributed by atoms with Gasteiger partial charge in [0.05, 0.1) is 12.2 Å². The van der Waals surface area contributed by atoms with Crippen LogP contribution in [0.5, 0.6) is 0 Å². The molecule has 4 aliphatic rings. The van der Waals surface area contributed by atoms with Gasteiger partial charge in [-0.15, -0.1) is 0 Å². The smallest absolute Gasteiger partial charge is 0.0622 e. The van der Waals surface area contributed by atoms with E-state index >= 15 is 0 Å². The lowest BCUT2D eigenvalue weighted by atomic mass is 9.43. The first-order valence-electron chi connectivity index (χ1n) is 11.1. The molecule has 4 saturated carbocycles. The van der Waals surface area contributed by atoms with Crippen LogP contribution in [-0.2, 0) is 4.74 Å². The molecule has 4 rings (SSSR count). The van der Waals surface area contributed by atoms with Gasteiger partial charge >= 0.3 is 0 Å². The maximum absolute atomic E-state index is 10.7. The second-order valence-corrected chi connectivity index (χ2v) is 10.7. The Morgan fingerprint density at radius 1 is 0.960 bits per heavy atom. The molecule has 4 fully saturated rings. The highest BCUT2D eigenvalue weighted by Gasteiger charge is 2.62. The average molecular weight is 349 g/mol. The number of methoxy groups -OCH3 is 1. The largest absolute Gasteiger partial charge is 0.390 e. The molecule has 0 radical (unpaired) electrons. The average Bonchev–Trinajstić information content (AvgIpc) is 2.91. The first-order valence-corrected chi connectivity index (χ1v) is 11.1. The highest BCUT2D eigenvalue weighted by atomic mass is 16.5. The van der Waals surface area contributed by atoms with Crippen molar-refractivity contribution < 1.29 is 9.84 Å². The highest BCUT2D eigenvalue weighted by Crippen LogP contribution is 2.68. The van der Waals surface area contributed by atoms with E-state index in [4.69, 9.17) is 4.74 Å². The molecule has 25 heavy (non-hydrogen) atoms. The fourth-order valence-corrected chi connectivity index (χ4v) is 8.56. The summed E-state index contributed by atoms with van der Waals surface area (Å²) in [7, 11) is 1.90. The summed E-state index contributed by atoms with van der Waals surface area (Å²) in [4.78, 5) is 0. The molecule has 2 heteroatoms. The van der Waals surface area contributed by atoms with Crippen molar-refractivity contribution >= 4 is 0 Å². The van der Waals surface area contributed by atoms with Crippen LogP contribution in [0, 0.1) is 40.4 Å². The zero-order valence-corrected chi connectivity index (χ0v) is 17.0. The lowest BCUT2D eigenvalue weighted by Gasteiger charge is -2.62. The van der Waals surface area contributed by atoms with Gasteiger partial charge in [-0.3, -0.25) is 0 Å². The van der Waals surface area contributed by atoms with Crippen LogP contribution in [-0.4, -0.2) is 24.4 Å². The molecule has 0 aromatic rings. The van der Waals surface area contributed by atoms with Crippen LogP contribution >= 0.6 is 0 Å². The van der Waals surface area contributed by atoms with Crippen molar-refractivity contribution in [2.24, 2.45) is 40.4 Å². The molecule has 0 aromatic carbocycles. The fraction of sp³-hybridized carbons (Fsp3) is 1.00. The minimum atomic E-state index is -0.446. The standard InChI is InChI=1S/C23H40O2/c1-5-16-7-9-19-18-8-6-17-14-21(2,24)12-13-23(17,15-25-4)20(18)10-11-22(16,19)3/h16-20,24H,5-15H2,1-4H3/t16-,17-,18-,19-,20-,21?,22+,23+/m0/s1. The van der Waals surface area contributed by atoms with Gasteiger partial charge in [0.25, 0.3) is 0 Å². The summed E-state index contributed by atoms with van der Waals surface area (Å²) < 4.78 is 5.86. The quantitative estimate of drug-likeness (QED) is 0.736. The number of rotatable bonds is 3. The van der Waals surface area contributed by atoms with Crippen LogP contribution in [0.4, 0.5) is 0 Å². The second kappa shape index (κ2) is 6.23. The Labute approximate surface area is 155 Å². The SMILES string of the molecule is CC[C@H]1CC[C@H]2[C@@H]3CC[C@H]4CC(C)(O)CC[C@]4(COC)[C@H]3CC[C@]12C. The monoisotopic (exact) mass is 348 g/mol. The summed E-state index contributed by atoms with van der Waals surface area (Å²) in [6.07, 6.45) is 13.0. The van der Waals surface area contributed by atoms with Gasteiger partial charge in [0.2, 0.25) is 0 Å². The van der Waals surface area contributed by atoms with Crippen molar-refractivity contribution in [2.75, 3.05) is 13.7 Å². The summed E-state index contributed by atoms with van der Waals surface area (Å²) in [5.74, 6) is 4.35. The van der Waals surface area contributed by atoms with Crippen LogP contribution < -0.4 is 0 Å². The lowest BCUT2D eigenvalue weighted by Crippen LogP contribution is -2.58. The summed E-state index contributed by atoms with van der Waals surface area (Å²) >= 11 is 0. The van der Waals surface area contributed by atoms with Crippen molar-refractivity contribution in [3.05, 3.63) is 0 Å². The Balaban J connectivity index is 1.64. The van der Waals surface area contributed by atoms with Crippen molar-refractivity contribution in [2.45, 2.75) is 90.6 Å². The summed E-state index contributed by atoms with van der Waals surface area (Å²) in [5, 5.41) is 10.7. The van der Waals surface area contributed by atoms with Crippen LogP contribution in [0.1, 0.15) is 85.0 Å². The molecule has 0 bridgehead atoms. The molecule has 4 aliphatic carbocycles. The van der Waals surface area contributed by atoms with E-state index in [1.165, 1.54) is 51.4 Å². The van der Waals surface area contributed by atoms with Crippen LogP contribution in [0.3, 0.4) is 0 Å². The van der Waals surface area contributed by atoms with E-state index in [0.29, 0.717) is 16.7 Å². The normalized spacial score (nSPS) is 55.3. The van der Waals surface area contributed by atoms with Crippen molar-refractivity contribution in [3.63, 3.8) is 0 Å². The molecule has 1 unspecified atom stereocenters. The molecular formula is C23H40O2.